The van der Waals surface area contributed by atoms with E-state index in [2.05, 4.69) is 0 Å². The first-order valence-electron chi connectivity index (χ1n) is 18.7. The lowest BCUT2D eigenvalue weighted by molar-refractivity contribution is -0.138. The van der Waals surface area contributed by atoms with E-state index in [-0.39, 0.29) is 0 Å². The number of rotatable bonds is 8. The number of hydrogen-bond donors (Lipinski definition) is 0. The highest BCUT2D eigenvalue weighted by molar-refractivity contribution is 6.12. The van der Waals surface area contributed by atoms with Gasteiger partial charge in [-0.2, -0.15) is 26.3 Å². The number of alkyl halides is 6. The van der Waals surface area contributed by atoms with Crippen LogP contribution in [0.2, 0.25) is 0 Å². The van der Waals surface area contributed by atoms with Gasteiger partial charge in [-0.1, -0.05) is 24.3 Å². The van der Waals surface area contributed by atoms with Gasteiger partial charge in [0.25, 0.3) is 0 Å². The standard InChI is InChI=1S/C48H34F6N2O4/c1-57-31-13-17-41-37(21-31)38-22-32(58-2)14-18-42(38)55(41)45-25-36(28-7-11-30(12-8-28)48(52,53)54)46(26-35(45)27-5-9-29(10-6-27)47(49,50)51)56-43-19-15-33(59-3)23-39(43)40-24-34(60-4)16-20-44(40)56/h5-26H,1-4H3. The van der Waals surface area contributed by atoms with E-state index in [9.17, 15) is 26.3 Å². The third-order valence-corrected chi connectivity index (χ3v) is 11.0. The average Bonchev–Trinajstić information content (AvgIpc) is 3.76. The summed E-state index contributed by atoms with van der Waals surface area (Å²) in [5.41, 5.74) is 4.53. The van der Waals surface area contributed by atoms with E-state index in [0.717, 1.165) is 67.9 Å². The molecule has 0 fully saturated rings. The Morgan fingerprint density at radius 1 is 0.350 bits per heavy atom. The second-order valence-electron chi connectivity index (χ2n) is 14.2. The Labute approximate surface area is 339 Å². The van der Waals surface area contributed by atoms with Crippen molar-refractivity contribution in [2.45, 2.75) is 12.4 Å². The minimum Gasteiger partial charge on any atom is -0.497 e. The molecule has 9 aromatic rings. The van der Waals surface area contributed by atoms with Crippen molar-refractivity contribution in [1.82, 2.24) is 9.13 Å². The van der Waals surface area contributed by atoms with Crippen LogP contribution in [0.1, 0.15) is 11.1 Å². The first-order chi connectivity index (χ1) is 28.8. The number of fused-ring (bicyclic) bond motifs is 6. The van der Waals surface area contributed by atoms with Crippen molar-refractivity contribution in [3.05, 3.63) is 145 Å². The molecule has 2 heterocycles. The van der Waals surface area contributed by atoms with Crippen LogP contribution in [0, 0.1) is 0 Å². The molecular formula is C48H34F6N2O4. The van der Waals surface area contributed by atoms with Crippen molar-refractivity contribution in [2.24, 2.45) is 0 Å². The maximum atomic E-state index is 14.0. The lowest BCUT2D eigenvalue weighted by Crippen LogP contribution is -2.06. The van der Waals surface area contributed by atoms with Gasteiger partial charge in [-0.3, -0.25) is 0 Å². The lowest BCUT2D eigenvalue weighted by Gasteiger charge is -2.22. The summed E-state index contributed by atoms with van der Waals surface area (Å²) in [6.07, 6.45) is -9.15. The van der Waals surface area contributed by atoms with Crippen LogP contribution >= 0.6 is 0 Å². The van der Waals surface area contributed by atoms with Crippen LogP contribution < -0.4 is 18.9 Å². The number of benzene rings is 7. The Hall–Kier alpha value is -7.08. The van der Waals surface area contributed by atoms with E-state index in [0.29, 0.717) is 56.6 Å². The van der Waals surface area contributed by atoms with Crippen LogP contribution in [0.25, 0.3) is 77.2 Å². The summed E-state index contributed by atoms with van der Waals surface area (Å²) in [6, 6.07) is 36.2. The average molecular weight is 817 g/mol. The molecule has 0 bridgehead atoms. The molecule has 60 heavy (non-hydrogen) atoms. The Morgan fingerprint density at radius 3 is 0.850 bits per heavy atom. The molecule has 302 valence electrons. The molecule has 12 heteroatoms. The molecule has 0 amide bonds. The van der Waals surface area contributed by atoms with Gasteiger partial charge in [0.1, 0.15) is 23.0 Å². The molecule has 0 spiro atoms. The van der Waals surface area contributed by atoms with Gasteiger partial charge < -0.3 is 28.1 Å². The topological polar surface area (TPSA) is 46.8 Å². The first kappa shape index (κ1) is 38.4. The van der Waals surface area contributed by atoms with E-state index in [1.807, 2.05) is 94.1 Å². The number of hydrogen-bond acceptors (Lipinski definition) is 4. The first-order valence-corrected chi connectivity index (χ1v) is 18.7. The second kappa shape index (κ2) is 14.3. The van der Waals surface area contributed by atoms with E-state index >= 15 is 0 Å². The number of aromatic nitrogens is 2. The predicted molar refractivity (Wildman–Crippen MR) is 222 cm³/mol. The molecule has 0 aliphatic heterocycles. The fourth-order valence-electron chi connectivity index (χ4n) is 8.08. The van der Waals surface area contributed by atoms with Crippen molar-refractivity contribution in [3.63, 3.8) is 0 Å². The Morgan fingerprint density at radius 2 is 0.617 bits per heavy atom. The van der Waals surface area contributed by atoms with Crippen LogP contribution in [0.4, 0.5) is 26.3 Å². The maximum absolute atomic E-state index is 14.0. The Kier molecular flexibility index (Phi) is 9.18. The van der Waals surface area contributed by atoms with Crippen LogP contribution in [-0.4, -0.2) is 37.6 Å². The molecule has 0 saturated carbocycles. The number of ether oxygens (including phenoxy) is 4. The van der Waals surface area contributed by atoms with E-state index in [1.54, 1.807) is 28.4 Å². The number of halogens is 6. The molecule has 0 N–H and O–H groups in total. The van der Waals surface area contributed by atoms with Crippen molar-refractivity contribution < 1.29 is 45.3 Å². The minimum absolute atomic E-state index is 0.472. The normalized spacial score (nSPS) is 12.2. The molecule has 0 saturated heterocycles. The molecule has 7 aromatic carbocycles. The van der Waals surface area contributed by atoms with Gasteiger partial charge in [0.15, 0.2) is 0 Å². The third kappa shape index (κ3) is 6.39. The molecule has 6 nitrogen and oxygen atoms in total. The van der Waals surface area contributed by atoms with Gasteiger partial charge >= 0.3 is 12.4 Å². The number of nitrogens with zero attached hydrogens (tertiary/aromatic N) is 2. The summed E-state index contributed by atoms with van der Waals surface area (Å²) >= 11 is 0. The van der Waals surface area contributed by atoms with Crippen LogP contribution in [0.5, 0.6) is 23.0 Å². The molecule has 0 radical (unpaired) electrons. The summed E-state index contributed by atoms with van der Waals surface area (Å²) in [5.74, 6) is 2.42. The fraction of sp³-hybridized carbons (Fsp3) is 0.125. The molecule has 0 atom stereocenters. The van der Waals surface area contributed by atoms with Crippen LogP contribution in [0.15, 0.2) is 133 Å². The summed E-state index contributed by atoms with van der Waals surface area (Å²) in [4.78, 5) is 0. The van der Waals surface area contributed by atoms with Crippen molar-refractivity contribution >= 4 is 43.6 Å². The van der Waals surface area contributed by atoms with Crippen molar-refractivity contribution in [2.75, 3.05) is 28.4 Å². The highest BCUT2D eigenvalue weighted by Gasteiger charge is 2.32. The largest absolute Gasteiger partial charge is 0.497 e. The SMILES string of the molecule is COc1ccc2c(c1)c1cc(OC)ccc1n2-c1cc(-c2ccc(C(F)(F)F)cc2)c(-n2c3ccc(OC)cc3c3cc(OC)ccc32)cc1-c1ccc(C(F)(F)F)cc1. The van der Waals surface area contributed by atoms with E-state index in [4.69, 9.17) is 18.9 Å². The fourth-order valence-corrected chi connectivity index (χ4v) is 8.08. The zero-order valence-electron chi connectivity index (χ0n) is 32.5. The van der Waals surface area contributed by atoms with E-state index in [1.165, 1.54) is 24.3 Å². The van der Waals surface area contributed by atoms with Crippen molar-refractivity contribution in [1.29, 1.82) is 0 Å². The summed E-state index contributed by atoms with van der Waals surface area (Å²) in [7, 11) is 6.28. The summed E-state index contributed by atoms with van der Waals surface area (Å²) in [5, 5.41) is 3.25. The van der Waals surface area contributed by atoms with Crippen LogP contribution in [0.3, 0.4) is 0 Å². The van der Waals surface area contributed by atoms with Gasteiger partial charge in [-0.15, -0.1) is 0 Å². The van der Waals surface area contributed by atoms with Crippen molar-refractivity contribution in [3.8, 4) is 56.6 Å². The van der Waals surface area contributed by atoms with Gasteiger partial charge in [-0.05, 0) is 120 Å². The monoisotopic (exact) mass is 816 g/mol. The third-order valence-electron chi connectivity index (χ3n) is 11.0. The molecule has 0 aliphatic rings. The zero-order valence-corrected chi connectivity index (χ0v) is 32.5. The van der Waals surface area contributed by atoms with Gasteiger partial charge in [0, 0.05) is 32.7 Å². The van der Waals surface area contributed by atoms with Gasteiger partial charge in [-0.25, -0.2) is 0 Å². The molecule has 0 aliphatic carbocycles. The number of methoxy groups -OCH3 is 4. The van der Waals surface area contributed by atoms with Gasteiger partial charge in [0.05, 0.1) is 73.0 Å². The van der Waals surface area contributed by atoms with E-state index < -0.39 is 23.5 Å². The Balaban J connectivity index is 1.45. The van der Waals surface area contributed by atoms with Crippen LogP contribution in [-0.2, 0) is 12.4 Å². The highest BCUT2D eigenvalue weighted by Crippen LogP contribution is 2.46. The molecule has 0 unspecified atom stereocenters. The second-order valence-corrected chi connectivity index (χ2v) is 14.2. The summed E-state index contributed by atoms with van der Waals surface area (Å²) < 4.78 is 110. The predicted octanol–water partition coefficient (Wildman–Crippen LogP) is 13.3. The van der Waals surface area contributed by atoms with Gasteiger partial charge in [0.2, 0.25) is 0 Å². The Bertz CT molecular complexity index is 2780. The lowest BCUT2D eigenvalue weighted by atomic mass is 9.94. The quantitative estimate of drug-likeness (QED) is 0.143. The molecule has 9 rings (SSSR count). The minimum atomic E-state index is -4.57. The highest BCUT2D eigenvalue weighted by atomic mass is 19.4. The molecule has 2 aromatic heterocycles. The smallest absolute Gasteiger partial charge is 0.416 e. The maximum Gasteiger partial charge on any atom is 0.416 e. The molecular weight excluding hydrogens is 783 g/mol. The zero-order chi connectivity index (χ0) is 42.1. The summed E-state index contributed by atoms with van der Waals surface area (Å²) in [6.45, 7) is 0.